The Balaban J connectivity index is 1.36. The molecule has 174 valence electrons. The van der Waals surface area contributed by atoms with E-state index in [-0.39, 0.29) is 24.3 Å². The third-order valence-electron chi connectivity index (χ3n) is 6.47. The van der Waals surface area contributed by atoms with Crippen LogP contribution >= 0.6 is 11.3 Å². The Bertz CT molecular complexity index is 954. The molecule has 2 aromatic heterocycles. The van der Waals surface area contributed by atoms with Crippen LogP contribution in [0.15, 0.2) is 12.3 Å². The number of nitrogens with one attached hydrogen (secondary N) is 2. The zero-order valence-electron chi connectivity index (χ0n) is 18.3. The third-order valence-corrected chi connectivity index (χ3v) is 7.43. The van der Waals surface area contributed by atoms with Crippen molar-refractivity contribution in [2.45, 2.75) is 62.9 Å². The number of carbonyl (C=O) groups excluding carboxylic acids is 1. The van der Waals surface area contributed by atoms with Crippen molar-refractivity contribution in [2.24, 2.45) is 0 Å². The second-order valence-electron chi connectivity index (χ2n) is 8.66. The number of methoxy groups -OCH3 is 1. The van der Waals surface area contributed by atoms with Crippen molar-refractivity contribution >= 4 is 29.2 Å². The Morgan fingerprint density at radius 3 is 2.88 bits per heavy atom. The smallest absolute Gasteiger partial charge is 0.408 e. The molecule has 11 heteroatoms. The van der Waals surface area contributed by atoms with Crippen LogP contribution in [0.1, 0.15) is 55.5 Å². The fraction of sp³-hybridized carbons (Fsp3) is 0.619. The molecule has 10 nitrogen and oxygen atoms in total. The first-order chi connectivity index (χ1) is 15.4. The number of anilines is 1. The minimum atomic E-state index is -0.864. The van der Waals surface area contributed by atoms with Gasteiger partial charge in [0.1, 0.15) is 0 Å². The summed E-state index contributed by atoms with van der Waals surface area (Å²) in [5.74, 6) is 0.466. The zero-order valence-corrected chi connectivity index (χ0v) is 19.1. The molecular formula is C21H29N5O5S. The van der Waals surface area contributed by atoms with Gasteiger partial charge in [0.25, 0.3) is 5.19 Å². The van der Waals surface area contributed by atoms with Gasteiger partial charge in [0, 0.05) is 53.5 Å². The molecule has 1 saturated carbocycles. The molecule has 2 aromatic rings. The quantitative estimate of drug-likeness (QED) is 0.575. The van der Waals surface area contributed by atoms with E-state index in [1.165, 1.54) is 11.3 Å². The summed E-state index contributed by atoms with van der Waals surface area (Å²) in [6.07, 6.45) is 4.81. The van der Waals surface area contributed by atoms with Gasteiger partial charge in [-0.15, -0.1) is 0 Å². The number of carboxylic acid groups (broad SMARTS) is 1. The van der Waals surface area contributed by atoms with E-state index in [4.69, 9.17) is 9.47 Å². The van der Waals surface area contributed by atoms with E-state index in [0.717, 1.165) is 29.8 Å². The second kappa shape index (κ2) is 9.45. The number of amides is 2. The van der Waals surface area contributed by atoms with Crippen LogP contribution < -0.4 is 10.1 Å². The molecule has 3 N–H and O–H groups in total. The molecule has 1 aliphatic carbocycles. The second-order valence-corrected chi connectivity index (χ2v) is 9.73. The number of carbonyl (C=O) groups is 2. The first-order valence-corrected chi connectivity index (χ1v) is 11.6. The molecule has 0 radical (unpaired) electrons. The fourth-order valence-corrected chi connectivity index (χ4v) is 5.50. The number of aromatic amines is 1. The maximum atomic E-state index is 12.3. The van der Waals surface area contributed by atoms with Crippen molar-refractivity contribution < 1.29 is 24.2 Å². The predicted molar refractivity (Wildman–Crippen MR) is 118 cm³/mol. The van der Waals surface area contributed by atoms with Crippen molar-refractivity contribution in [3.05, 3.63) is 22.8 Å². The van der Waals surface area contributed by atoms with Gasteiger partial charge in [-0.05, 0) is 39.0 Å². The van der Waals surface area contributed by atoms with E-state index in [2.05, 4.69) is 20.5 Å². The average Bonchev–Trinajstić information content (AvgIpc) is 3.49. The van der Waals surface area contributed by atoms with Crippen LogP contribution in [0.4, 0.5) is 10.6 Å². The van der Waals surface area contributed by atoms with Crippen LogP contribution in [0, 0.1) is 0 Å². The summed E-state index contributed by atoms with van der Waals surface area (Å²) in [6.45, 7) is 3.21. The highest BCUT2D eigenvalue weighted by molar-refractivity contribution is 7.13. The summed E-state index contributed by atoms with van der Waals surface area (Å²) in [7, 11) is 1.54. The lowest BCUT2D eigenvalue weighted by Crippen LogP contribution is -2.56. The lowest BCUT2D eigenvalue weighted by molar-refractivity contribution is -0.115. The van der Waals surface area contributed by atoms with E-state index >= 15 is 0 Å². The number of hydrogen-bond acceptors (Lipinski definition) is 7. The first-order valence-electron chi connectivity index (χ1n) is 10.8. The van der Waals surface area contributed by atoms with Crippen LogP contribution in [0.2, 0.25) is 0 Å². The van der Waals surface area contributed by atoms with Gasteiger partial charge in [-0.3, -0.25) is 14.8 Å². The molecule has 4 rings (SSSR count). The maximum absolute atomic E-state index is 12.3. The van der Waals surface area contributed by atoms with Gasteiger partial charge in [0.15, 0.2) is 5.82 Å². The van der Waals surface area contributed by atoms with Crippen LogP contribution in [0.25, 0.3) is 0 Å². The molecular weight excluding hydrogens is 434 g/mol. The van der Waals surface area contributed by atoms with Gasteiger partial charge in [0.05, 0.1) is 13.5 Å². The molecule has 2 amide bonds. The van der Waals surface area contributed by atoms with Crippen LogP contribution in [-0.2, 0) is 16.0 Å². The summed E-state index contributed by atoms with van der Waals surface area (Å²) < 4.78 is 10.5. The van der Waals surface area contributed by atoms with E-state index in [1.807, 2.05) is 13.0 Å². The van der Waals surface area contributed by atoms with Crippen molar-refractivity contribution in [1.82, 2.24) is 20.1 Å². The molecule has 0 spiro atoms. The summed E-state index contributed by atoms with van der Waals surface area (Å²) in [4.78, 5) is 31.0. The standard InChI is InChI=1S/C21H29N5O5S/c1-21(5-7-31-8-6-21)26(20(28)29)14-4-3-13(9-14)16-11-17(25-24-16)23-18(27)10-15-12-22-19(30-2)32-15/h11-14H,3-10H2,1-2H3,(H,28,29)(H2,23,24,25,27)/t13-,14+/m0/s1. The van der Waals surface area contributed by atoms with Crippen molar-refractivity contribution in [1.29, 1.82) is 0 Å². The number of hydrogen-bond donors (Lipinski definition) is 3. The Hall–Kier alpha value is -2.66. The number of nitrogens with zero attached hydrogens (tertiary/aromatic N) is 3. The fourth-order valence-electron chi connectivity index (χ4n) is 4.78. The highest BCUT2D eigenvalue weighted by atomic mass is 32.1. The molecule has 2 aliphatic rings. The van der Waals surface area contributed by atoms with Crippen molar-refractivity contribution in [3.63, 3.8) is 0 Å². The van der Waals surface area contributed by atoms with Gasteiger partial charge in [-0.1, -0.05) is 11.3 Å². The molecule has 1 saturated heterocycles. The summed E-state index contributed by atoms with van der Waals surface area (Å²) in [6, 6.07) is 1.81. The number of H-pyrrole nitrogens is 1. The van der Waals surface area contributed by atoms with E-state index in [0.29, 0.717) is 37.1 Å². The lowest BCUT2D eigenvalue weighted by atomic mass is 9.88. The van der Waals surface area contributed by atoms with Crippen LogP contribution in [0.5, 0.6) is 5.19 Å². The first kappa shape index (κ1) is 22.5. The summed E-state index contributed by atoms with van der Waals surface area (Å²) in [5.41, 5.74) is 0.528. The van der Waals surface area contributed by atoms with Crippen molar-refractivity contribution in [3.8, 4) is 5.19 Å². The van der Waals surface area contributed by atoms with Gasteiger partial charge in [0.2, 0.25) is 5.91 Å². The minimum Gasteiger partial charge on any atom is -0.473 e. The Morgan fingerprint density at radius 2 is 2.19 bits per heavy atom. The SMILES string of the molecule is COc1ncc(CC(=O)Nc2cc([C@H]3CC[C@@H](N(C(=O)O)C4(C)CCOCC4)C3)[nH]n2)s1. The van der Waals surface area contributed by atoms with Gasteiger partial charge >= 0.3 is 6.09 Å². The van der Waals surface area contributed by atoms with Crippen LogP contribution in [0.3, 0.4) is 0 Å². The third kappa shape index (κ3) is 4.88. The highest BCUT2D eigenvalue weighted by Crippen LogP contribution is 2.41. The highest BCUT2D eigenvalue weighted by Gasteiger charge is 2.44. The number of aromatic nitrogens is 3. The molecule has 0 unspecified atom stereocenters. The predicted octanol–water partition coefficient (Wildman–Crippen LogP) is 3.24. The Morgan fingerprint density at radius 1 is 1.41 bits per heavy atom. The molecule has 1 aliphatic heterocycles. The molecule has 0 bridgehead atoms. The van der Waals surface area contributed by atoms with E-state index in [9.17, 15) is 14.7 Å². The molecule has 3 heterocycles. The Labute approximate surface area is 190 Å². The molecule has 32 heavy (non-hydrogen) atoms. The molecule has 2 atom stereocenters. The summed E-state index contributed by atoms with van der Waals surface area (Å²) in [5, 5.41) is 20.5. The lowest BCUT2D eigenvalue weighted by Gasteiger charge is -2.45. The maximum Gasteiger partial charge on any atom is 0.408 e. The molecule has 0 aromatic carbocycles. The van der Waals surface area contributed by atoms with Crippen LogP contribution in [-0.4, -0.2) is 69.1 Å². The monoisotopic (exact) mass is 463 g/mol. The topological polar surface area (TPSA) is 130 Å². The zero-order chi connectivity index (χ0) is 22.7. The van der Waals surface area contributed by atoms with Gasteiger partial charge < -0.3 is 19.9 Å². The normalized spacial score (nSPS) is 22.4. The van der Waals surface area contributed by atoms with Crippen molar-refractivity contribution in [2.75, 3.05) is 25.6 Å². The summed E-state index contributed by atoms with van der Waals surface area (Å²) >= 11 is 1.33. The average molecular weight is 464 g/mol. The number of rotatable bonds is 7. The number of thiazole rings is 1. The van der Waals surface area contributed by atoms with Gasteiger partial charge in [-0.2, -0.15) is 5.10 Å². The minimum absolute atomic E-state index is 0.0387. The number of ether oxygens (including phenoxy) is 2. The Kier molecular flexibility index (Phi) is 6.66. The largest absolute Gasteiger partial charge is 0.473 e. The van der Waals surface area contributed by atoms with E-state index in [1.54, 1.807) is 18.2 Å². The van der Waals surface area contributed by atoms with E-state index < -0.39 is 11.6 Å². The van der Waals surface area contributed by atoms with Gasteiger partial charge in [-0.25, -0.2) is 9.78 Å². The molecule has 2 fully saturated rings.